The Morgan fingerprint density at radius 3 is 2.71 bits per heavy atom. The van der Waals surface area contributed by atoms with Crippen molar-refractivity contribution in [2.45, 2.75) is 23.1 Å². The molecule has 88 valence electrons. The number of aromatic nitrogens is 2. The summed E-state index contributed by atoms with van der Waals surface area (Å²) in [6, 6.07) is 5.76. The lowest BCUT2D eigenvalue weighted by molar-refractivity contribution is 0.983. The van der Waals surface area contributed by atoms with Crippen LogP contribution >= 0.6 is 23.1 Å². The third-order valence-electron chi connectivity index (χ3n) is 2.20. The summed E-state index contributed by atoms with van der Waals surface area (Å²) in [5.74, 6) is 0.0810. The van der Waals surface area contributed by atoms with Crippen molar-refractivity contribution >= 4 is 28.9 Å². The molecule has 1 heterocycles. The van der Waals surface area contributed by atoms with Crippen LogP contribution in [0.1, 0.15) is 16.1 Å². The van der Waals surface area contributed by atoms with Crippen LogP contribution in [-0.2, 0) is 0 Å². The standard InChI is InChI=1S/C11H12N4S2/c1-6-4-3-5-8(10(12)13)9(6)17-11-15-14-7(2)16-11/h3-5H,1-2H3,(H3,12,13). The first-order valence-electron chi connectivity index (χ1n) is 5.00. The molecule has 0 amide bonds. The smallest absolute Gasteiger partial charge is 0.179 e. The summed E-state index contributed by atoms with van der Waals surface area (Å²) in [6.45, 7) is 3.92. The Morgan fingerprint density at radius 2 is 2.12 bits per heavy atom. The van der Waals surface area contributed by atoms with Crippen LogP contribution in [0.2, 0.25) is 0 Å². The van der Waals surface area contributed by atoms with Crippen molar-refractivity contribution in [3.05, 3.63) is 34.3 Å². The second-order valence-electron chi connectivity index (χ2n) is 3.55. The van der Waals surface area contributed by atoms with Gasteiger partial charge in [-0.3, -0.25) is 5.41 Å². The molecule has 2 aromatic rings. The van der Waals surface area contributed by atoms with Gasteiger partial charge in [0.05, 0.1) is 0 Å². The zero-order valence-corrected chi connectivity index (χ0v) is 11.2. The topological polar surface area (TPSA) is 75.7 Å². The largest absolute Gasteiger partial charge is 0.384 e. The van der Waals surface area contributed by atoms with E-state index in [4.69, 9.17) is 11.1 Å². The molecule has 0 saturated heterocycles. The van der Waals surface area contributed by atoms with E-state index in [0.29, 0.717) is 0 Å². The van der Waals surface area contributed by atoms with Gasteiger partial charge in [-0.1, -0.05) is 41.3 Å². The van der Waals surface area contributed by atoms with Gasteiger partial charge in [-0.05, 0) is 19.4 Å². The van der Waals surface area contributed by atoms with Crippen LogP contribution in [-0.4, -0.2) is 16.0 Å². The van der Waals surface area contributed by atoms with E-state index < -0.39 is 0 Å². The number of nitrogens with one attached hydrogen (secondary N) is 1. The Hall–Kier alpha value is -1.40. The highest BCUT2D eigenvalue weighted by atomic mass is 32.2. The molecule has 0 saturated carbocycles. The van der Waals surface area contributed by atoms with Gasteiger partial charge in [-0.2, -0.15) is 0 Å². The molecule has 0 aliphatic rings. The molecular formula is C11H12N4S2. The highest BCUT2D eigenvalue weighted by molar-refractivity contribution is 8.01. The molecule has 2 rings (SSSR count). The van der Waals surface area contributed by atoms with Gasteiger partial charge in [0.15, 0.2) is 4.34 Å². The Morgan fingerprint density at radius 1 is 1.35 bits per heavy atom. The van der Waals surface area contributed by atoms with E-state index in [-0.39, 0.29) is 5.84 Å². The second-order valence-corrected chi connectivity index (χ2v) is 5.99. The Kier molecular flexibility index (Phi) is 3.44. The molecule has 0 spiro atoms. The summed E-state index contributed by atoms with van der Waals surface area (Å²) in [4.78, 5) is 0.983. The van der Waals surface area contributed by atoms with Gasteiger partial charge in [0.25, 0.3) is 0 Å². The molecule has 3 N–H and O–H groups in total. The molecule has 0 bridgehead atoms. The highest BCUT2D eigenvalue weighted by Gasteiger charge is 2.12. The van der Waals surface area contributed by atoms with Gasteiger partial charge in [0.2, 0.25) is 0 Å². The molecule has 0 atom stereocenters. The van der Waals surface area contributed by atoms with Gasteiger partial charge < -0.3 is 5.73 Å². The summed E-state index contributed by atoms with van der Waals surface area (Å²) in [5, 5.41) is 16.6. The maximum Gasteiger partial charge on any atom is 0.179 e. The van der Waals surface area contributed by atoms with E-state index in [9.17, 15) is 0 Å². The third-order valence-corrected chi connectivity index (χ3v) is 4.33. The highest BCUT2D eigenvalue weighted by Crippen LogP contribution is 2.34. The van der Waals surface area contributed by atoms with Gasteiger partial charge in [0.1, 0.15) is 10.8 Å². The van der Waals surface area contributed by atoms with Gasteiger partial charge in [-0.15, -0.1) is 10.2 Å². The van der Waals surface area contributed by atoms with E-state index >= 15 is 0 Å². The summed E-state index contributed by atoms with van der Waals surface area (Å²) in [5.41, 5.74) is 7.43. The fraction of sp³-hybridized carbons (Fsp3) is 0.182. The second kappa shape index (κ2) is 4.85. The molecule has 1 aromatic heterocycles. The van der Waals surface area contributed by atoms with E-state index in [1.807, 2.05) is 32.0 Å². The number of nitrogen functional groups attached to an aromatic ring is 1. The van der Waals surface area contributed by atoms with Crippen molar-refractivity contribution in [1.82, 2.24) is 10.2 Å². The average molecular weight is 264 g/mol. The quantitative estimate of drug-likeness (QED) is 0.660. The normalized spacial score (nSPS) is 10.5. The molecule has 0 aliphatic carbocycles. The molecule has 1 aromatic carbocycles. The lowest BCUT2D eigenvalue weighted by Gasteiger charge is -2.08. The monoisotopic (exact) mass is 264 g/mol. The first-order valence-corrected chi connectivity index (χ1v) is 6.63. The zero-order chi connectivity index (χ0) is 12.4. The molecule has 0 aliphatic heterocycles. The first-order chi connectivity index (χ1) is 8.08. The number of nitrogens with zero attached hydrogens (tertiary/aromatic N) is 2. The number of benzene rings is 1. The van der Waals surface area contributed by atoms with Crippen LogP contribution in [0, 0.1) is 19.3 Å². The predicted octanol–water partition coefficient (Wildman–Crippen LogP) is 2.59. The number of hydrogen-bond acceptors (Lipinski definition) is 5. The SMILES string of the molecule is Cc1nnc(Sc2c(C)cccc2C(=N)N)s1. The number of rotatable bonds is 3. The zero-order valence-electron chi connectivity index (χ0n) is 9.52. The number of amidine groups is 1. The Balaban J connectivity index is 2.40. The molecule has 17 heavy (non-hydrogen) atoms. The molecule has 0 unspecified atom stereocenters. The lowest BCUT2D eigenvalue weighted by atomic mass is 10.1. The molecule has 0 fully saturated rings. The van der Waals surface area contributed by atoms with E-state index in [1.54, 1.807) is 11.3 Å². The summed E-state index contributed by atoms with van der Waals surface area (Å²) < 4.78 is 0.874. The van der Waals surface area contributed by atoms with E-state index in [0.717, 1.165) is 25.4 Å². The van der Waals surface area contributed by atoms with Crippen molar-refractivity contribution in [1.29, 1.82) is 5.41 Å². The van der Waals surface area contributed by atoms with E-state index in [2.05, 4.69) is 10.2 Å². The van der Waals surface area contributed by atoms with Crippen molar-refractivity contribution in [3.63, 3.8) is 0 Å². The van der Waals surface area contributed by atoms with E-state index in [1.165, 1.54) is 11.8 Å². The molecule has 0 radical (unpaired) electrons. The third kappa shape index (κ3) is 2.65. The number of hydrogen-bond donors (Lipinski definition) is 2. The minimum Gasteiger partial charge on any atom is -0.384 e. The molecule has 6 heteroatoms. The predicted molar refractivity (Wildman–Crippen MR) is 71.0 cm³/mol. The number of aryl methyl sites for hydroxylation is 2. The molecular weight excluding hydrogens is 252 g/mol. The summed E-state index contributed by atoms with van der Waals surface area (Å²) in [6.07, 6.45) is 0. The fourth-order valence-corrected chi connectivity index (χ4v) is 3.37. The maximum atomic E-state index is 7.58. The van der Waals surface area contributed by atoms with Crippen LogP contribution in [0.4, 0.5) is 0 Å². The Labute approximate surface area is 108 Å². The van der Waals surface area contributed by atoms with Gasteiger partial charge in [-0.25, -0.2) is 0 Å². The average Bonchev–Trinajstić information content (AvgIpc) is 2.67. The van der Waals surface area contributed by atoms with Crippen LogP contribution in [0.5, 0.6) is 0 Å². The van der Waals surface area contributed by atoms with Crippen molar-refractivity contribution in [2.75, 3.05) is 0 Å². The van der Waals surface area contributed by atoms with Crippen molar-refractivity contribution in [2.24, 2.45) is 5.73 Å². The van der Waals surface area contributed by atoms with Gasteiger partial charge >= 0.3 is 0 Å². The van der Waals surface area contributed by atoms with Crippen LogP contribution in [0.15, 0.2) is 27.4 Å². The Bertz CT molecular complexity index is 562. The van der Waals surface area contributed by atoms with Crippen LogP contribution in [0.25, 0.3) is 0 Å². The maximum absolute atomic E-state index is 7.58. The number of nitrogens with two attached hydrogens (primary N) is 1. The minimum absolute atomic E-state index is 0.0810. The van der Waals surface area contributed by atoms with Crippen LogP contribution in [0.3, 0.4) is 0 Å². The fourth-order valence-electron chi connectivity index (χ4n) is 1.41. The lowest BCUT2D eigenvalue weighted by Crippen LogP contribution is -2.12. The minimum atomic E-state index is 0.0810. The summed E-state index contributed by atoms with van der Waals surface area (Å²) in [7, 11) is 0. The van der Waals surface area contributed by atoms with Gasteiger partial charge in [0, 0.05) is 10.5 Å². The molecule has 4 nitrogen and oxygen atoms in total. The first kappa shape index (κ1) is 12.1. The summed E-state index contributed by atoms with van der Waals surface area (Å²) >= 11 is 3.06. The van der Waals surface area contributed by atoms with Crippen LogP contribution < -0.4 is 5.73 Å². The van der Waals surface area contributed by atoms with Crippen molar-refractivity contribution < 1.29 is 0 Å². The van der Waals surface area contributed by atoms with Crippen molar-refractivity contribution in [3.8, 4) is 0 Å².